The molecule has 1 aliphatic rings. The molecule has 2 N–H and O–H groups in total. The molecule has 148 valence electrons. The summed E-state index contributed by atoms with van der Waals surface area (Å²) in [4.78, 5) is 0. The van der Waals surface area contributed by atoms with Crippen LogP contribution in [-0.2, 0) is 11.8 Å². The first-order valence-corrected chi connectivity index (χ1v) is 9.77. The van der Waals surface area contributed by atoms with E-state index in [1.807, 2.05) is 36.0 Å². The fourth-order valence-corrected chi connectivity index (χ4v) is 3.52. The Morgan fingerprint density at radius 1 is 1.33 bits per heavy atom. The van der Waals surface area contributed by atoms with Crippen molar-refractivity contribution in [3.63, 3.8) is 0 Å². The normalized spacial score (nSPS) is 21.4. The van der Waals surface area contributed by atoms with Gasteiger partial charge in [-0.05, 0) is 36.5 Å². The molecule has 1 aromatic heterocycles. The van der Waals surface area contributed by atoms with E-state index in [9.17, 15) is 5.11 Å². The summed E-state index contributed by atoms with van der Waals surface area (Å²) in [6, 6.07) is 10.3. The van der Waals surface area contributed by atoms with E-state index in [0.717, 1.165) is 24.3 Å². The van der Waals surface area contributed by atoms with E-state index >= 15 is 0 Å². The number of benzene rings is 1. The van der Waals surface area contributed by atoms with Crippen molar-refractivity contribution in [2.24, 2.45) is 7.05 Å². The van der Waals surface area contributed by atoms with Crippen molar-refractivity contribution in [1.29, 1.82) is 0 Å². The maximum absolute atomic E-state index is 10.3. The average molecular weight is 373 g/mol. The van der Waals surface area contributed by atoms with Crippen molar-refractivity contribution in [2.45, 2.75) is 50.9 Å². The van der Waals surface area contributed by atoms with E-state index in [2.05, 4.69) is 30.3 Å². The molecule has 2 heterocycles. The van der Waals surface area contributed by atoms with Crippen LogP contribution in [0.1, 0.15) is 50.0 Å². The Balaban J connectivity index is 1.45. The smallest absolute Gasteiger partial charge is 0.122 e. The molecule has 6 nitrogen and oxygen atoms in total. The zero-order chi connectivity index (χ0) is 19.2. The SMILES string of the molecule is CC(C)c1ccccc1OCC(O)CNC1CCOC(c2ccnn2C)C1. The van der Waals surface area contributed by atoms with E-state index in [1.165, 1.54) is 5.56 Å². The van der Waals surface area contributed by atoms with E-state index < -0.39 is 6.10 Å². The Hall–Kier alpha value is -1.89. The summed E-state index contributed by atoms with van der Waals surface area (Å²) in [5, 5.41) is 18.0. The number of aromatic nitrogens is 2. The predicted octanol–water partition coefficient (Wildman–Crippen LogP) is 2.79. The van der Waals surface area contributed by atoms with E-state index in [4.69, 9.17) is 9.47 Å². The van der Waals surface area contributed by atoms with Crippen LogP contribution >= 0.6 is 0 Å². The quantitative estimate of drug-likeness (QED) is 0.745. The molecule has 0 spiro atoms. The van der Waals surface area contributed by atoms with Crippen molar-refractivity contribution in [3.05, 3.63) is 47.8 Å². The van der Waals surface area contributed by atoms with Gasteiger partial charge in [0, 0.05) is 32.4 Å². The van der Waals surface area contributed by atoms with Gasteiger partial charge in [-0.15, -0.1) is 0 Å². The minimum Gasteiger partial charge on any atom is -0.491 e. The van der Waals surface area contributed by atoms with Gasteiger partial charge in [0.2, 0.25) is 0 Å². The molecule has 3 unspecified atom stereocenters. The second kappa shape index (κ2) is 9.35. The highest BCUT2D eigenvalue weighted by atomic mass is 16.5. The molecule has 6 heteroatoms. The summed E-state index contributed by atoms with van der Waals surface area (Å²) in [6.45, 7) is 5.79. The molecule has 2 aromatic rings. The summed E-state index contributed by atoms with van der Waals surface area (Å²) in [6.07, 6.45) is 3.12. The first-order chi connectivity index (χ1) is 13.0. The van der Waals surface area contributed by atoms with Gasteiger partial charge in [0.15, 0.2) is 0 Å². The highest BCUT2D eigenvalue weighted by Gasteiger charge is 2.26. The Kier molecular flexibility index (Phi) is 6.88. The summed E-state index contributed by atoms with van der Waals surface area (Å²) in [5.74, 6) is 1.25. The number of aliphatic hydroxyl groups is 1. The van der Waals surface area contributed by atoms with E-state index in [0.29, 0.717) is 25.1 Å². The minimum atomic E-state index is -0.553. The van der Waals surface area contributed by atoms with Gasteiger partial charge in [-0.25, -0.2) is 0 Å². The fourth-order valence-electron chi connectivity index (χ4n) is 3.52. The molecule has 0 bridgehead atoms. The molecule has 1 aromatic carbocycles. The zero-order valence-electron chi connectivity index (χ0n) is 16.5. The molecule has 1 saturated heterocycles. The van der Waals surface area contributed by atoms with Gasteiger partial charge in [0.05, 0.1) is 5.69 Å². The highest BCUT2D eigenvalue weighted by molar-refractivity contribution is 5.35. The van der Waals surface area contributed by atoms with Crippen LogP contribution in [0.5, 0.6) is 5.75 Å². The monoisotopic (exact) mass is 373 g/mol. The zero-order valence-corrected chi connectivity index (χ0v) is 16.5. The van der Waals surface area contributed by atoms with Crippen LogP contribution in [0, 0.1) is 0 Å². The van der Waals surface area contributed by atoms with Crippen molar-refractivity contribution >= 4 is 0 Å². The van der Waals surface area contributed by atoms with E-state index in [1.54, 1.807) is 6.20 Å². The van der Waals surface area contributed by atoms with Crippen LogP contribution in [0.3, 0.4) is 0 Å². The fraction of sp³-hybridized carbons (Fsp3) is 0.571. The maximum Gasteiger partial charge on any atom is 0.122 e. The molecular formula is C21H31N3O3. The van der Waals surface area contributed by atoms with Crippen molar-refractivity contribution < 1.29 is 14.6 Å². The number of nitrogens with zero attached hydrogens (tertiary/aromatic N) is 2. The van der Waals surface area contributed by atoms with Crippen LogP contribution in [0.15, 0.2) is 36.5 Å². The van der Waals surface area contributed by atoms with Gasteiger partial charge in [-0.1, -0.05) is 32.0 Å². The lowest BCUT2D eigenvalue weighted by atomic mass is 10.0. The molecule has 3 rings (SSSR count). The van der Waals surface area contributed by atoms with Gasteiger partial charge in [0.25, 0.3) is 0 Å². The lowest BCUT2D eigenvalue weighted by Crippen LogP contribution is -2.41. The first-order valence-electron chi connectivity index (χ1n) is 9.77. The maximum atomic E-state index is 10.3. The first kappa shape index (κ1) is 19.9. The van der Waals surface area contributed by atoms with Crippen LogP contribution in [0.25, 0.3) is 0 Å². The Labute approximate surface area is 161 Å². The Morgan fingerprint density at radius 3 is 2.89 bits per heavy atom. The number of rotatable bonds is 8. The van der Waals surface area contributed by atoms with Gasteiger partial charge >= 0.3 is 0 Å². The lowest BCUT2D eigenvalue weighted by Gasteiger charge is -2.31. The summed E-state index contributed by atoms with van der Waals surface area (Å²) >= 11 is 0. The van der Waals surface area contributed by atoms with Crippen molar-refractivity contribution in [1.82, 2.24) is 15.1 Å². The third kappa shape index (κ3) is 5.31. The summed E-state index contributed by atoms with van der Waals surface area (Å²) < 4.78 is 13.6. The van der Waals surface area contributed by atoms with Gasteiger partial charge < -0.3 is 19.9 Å². The predicted molar refractivity (Wildman–Crippen MR) is 105 cm³/mol. The molecule has 27 heavy (non-hydrogen) atoms. The number of ether oxygens (including phenoxy) is 2. The highest BCUT2D eigenvalue weighted by Crippen LogP contribution is 2.28. The number of hydrogen-bond donors (Lipinski definition) is 2. The second-order valence-electron chi connectivity index (χ2n) is 7.53. The number of para-hydroxylation sites is 1. The Morgan fingerprint density at radius 2 is 2.15 bits per heavy atom. The summed E-state index contributed by atoms with van der Waals surface area (Å²) in [5.41, 5.74) is 2.26. The standard InChI is InChI=1S/C21H31N3O3/c1-15(2)18-6-4-5-7-20(18)27-14-17(25)13-22-16-9-11-26-21(12-16)19-8-10-23-24(19)3/h4-8,10,15-17,21-22,25H,9,11-14H2,1-3H3. The van der Waals surface area contributed by atoms with Gasteiger partial charge in [-0.2, -0.15) is 5.10 Å². The van der Waals surface area contributed by atoms with Crippen LogP contribution in [0.4, 0.5) is 0 Å². The number of aryl methyl sites for hydroxylation is 1. The minimum absolute atomic E-state index is 0.0510. The number of aliphatic hydroxyl groups excluding tert-OH is 1. The molecule has 0 amide bonds. The second-order valence-corrected chi connectivity index (χ2v) is 7.53. The molecule has 0 saturated carbocycles. The molecule has 1 aliphatic heterocycles. The van der Waals surface area contributed by atoms with Crippen molar-refractivity contribution in [3.8, 4) is 5.75 Å². The van der Waals surface area contributed by atoms with Crippen LogP contribution in [0.2, 0.25) is 0 Å². The third-order valence-electron chi connectivity index (χ3n) is 5.09. The third-order valence-corrected chi connectivity index (χ3v) is 5.09. The number of nitrogens with one attached hydrogen (secondary N) is 1. The van der Waals surface area contributed by atoms with Crippen LogP contribution < -0.4 is 10.1 Å². The van der Waals surface area contributed by atoms with Gasteiger partial charge in [-0.3, -0.25) is 4.68 Å². The average Bonchev–Trinajstić information content (AvgIpc) is 3.11. The van der Waals surface area contributed by atoms with Crippen LogP contribution in [-0.4, -0.2) is 46.8 Å². The molecule has 0 radical (unpaired) electrons. The number of hydrogen-bond acceptors (Lipinski definition) is 5. The molecule has 0 aliphatic carbocycles. The Bertz CT molecular complexity index is 716. The topological polar surface area (TPSA) is 68.5 Å². The molecule has 3 atom stereocenters. The van der Waals surface area contributed by atoms with E-state index in [-0.39, 0.29) is 12.7 Å². The summed E-state index contributed by atoms with van der Waals surface area (Å²) in [7, 11) is 1.94. The molecule has 1 fully saturated rings. The lowest BCUT2D eigenvalue weighted by molar-refractivity contribution is -0.00710. The van der Waals surface area contributed by atoms with Gasteiger partial charge in [0.1, 0.15) is 24.6 Å². The van der Waals surface area contributed by atoms with Crippen molar-refractivity contribution in [2.75, 3.05) is 19.8 Å². The largest absolute Gasteiger partial charge is 0.491 e. The molecular weight excluding hydrogens is 342 g/mol.